The van der Waals surface area contributed by atoms with Crippen LogP contribution in [0.2, 0.25) is 0 Å². The van der Waals surface area contributed by atoms with E-state index in [1.54, 1.807) is 29.0 Å². The molecule has 1 aromatic rings. The Bertz CT molecular complexity index is 348. The van der Waals surface area contributed by atoms with E-state index in [1.807, 2.05) is 0 Å². The molecule has 1 amide bonds. The molecule has 1 fully saturated rings. The monoisotopic (exact) mass is 195 g/mol. The zero-order valence-corrected chi connectivity index (χ0v) is 8.05. The Hall–Kier alpha value is -1.36. The highest BCUT2D eigenvalue weighted by molar-refractivity contribution is 5.93. The van der Waals surface area contributed by atoms with Gasteiger partial charge in [-0.15, -0.1) is 0 Å². The minimum Gasteiger partial charge on any atom is -0.391 e. The number of hydrogen-bond donors (Lipinski definition) is 1. The van der Waals surface area contributed by atoms with E-state index in [2.05, 4.69) is 5.10 Å². The van der Waals surface area contributed by atoms with Gasteiger partial charge in [-0.05, 0) is 6.42 Å². The second kappa shape index (κ2) is 3.42. The zero-order valence-electron chi connectivity index (χ0n) is 8.05. The lowest BCUT2D eigenvalue weighted by Gasteiger charge is -2.13. The van der Waals surface area contributed by atoms with Gasteiger partial charge in [0.15, 0.2) is 0 Å². The van der Waals surface area contributed by atoms with Crippen molar-refractivity contribution < 1.29 is 9.90 Å². The van der Waals surface area contributed by atoms with Crippen LogP contribution in [0.4, 0.5) is 0 Å². The molecule has 1 N–H and O–H groups in total. The van der Waals surface area contributed by atoms with Crippen LogP contribution in [0, 0.1) is 0 Å². The Kier molecular flexibility index (Phi) is 2.25. The molecule has 1 aromatic heterocycles. The van der Waals surface area contributed by atoms with Crippen molar-refractivity contribution in [2.24, 2.45) is 7.05 Å². The van der Waals surface area contributed by atoms with Crippen LogP contribution in [0.25, 0.3) is 0 Å². The van der Waals surface area contributed by atoms with Crippen molar-refractivity contribution in [2.75, 3.05) is 13.1 Å². The number of aromatic nitrogens is 2. The number of rotatable bonds is 1. The van der Waals surface area contributed by atoms with Gasteiger partial charge in [-0.1, -0.05) is 0 Å². The lowest BCUT2D eigenvalue weighted by Crippen LogP contribution is -2.29. The van der Waals surface area contributed by atoms with Crippen LogP contribution in [0.3, 0.4) is 0 Å². The fraction of sp³-hybridized carbons (Fsp3) is 0.556. The highest BCUT2D eigenvalue weighted by Gasteiger charge is 2.25. The Morgan fingerprint density at radius 3 is 3.00 bits per heavy atom. The van der Waals surface area contributed by atoms with Gasteiger partial charge in [0.2, 0.25) is 0 Å². The highest BCUT2D eigenvalue weighted by Crippen LogP contribution is 2.12. The van der Waals surface area contributed by atoms with Crippen LogP contribution < -0.4 is 0 Å². The number of aryl methyl sites for hydroxylation is 1. The second-order valence-electron chi connectivity index (χ2n) is 3.60. The van der Waals surface area contributed by atoms with Gasteiger partial charge in [0.1, 0.15) is 0 Å². The molecular formula is C9H13N3O2. The lowest BCUT2D eigenvalue weighted by atomic mass is 10.3. The lowest BCUT2D eigenvalue weighted by molar-refractivity contribution is 0.0765. The normalized spacial score (nSPS) is 21.6. The fourth-order valence-electron chi connectivity index (χ4n) is 1.64. The van der Waals surface area contributed by atoms with Crippen molar-refractivity contribution in [1.82, 2.24) is 14.7 Å². The summed E-state index contributed by atoms with van der Waals surface area (Å²) in [6.07, 6.45) is 3.54. The number of aliphatic hydroxyl groups excluding tert-OH is 1. The molecule has 5 heteroatoms. The Balaban J connectivity index is 2.09. The predicted octanol–water partition coefficient (Wildman–Crippen LogP) is -0.373. The molecule has 1 aliphatic rings. The van der Waals surface area contributed by atoms with Gasteiger partial charge < -0.3 is 10.0 Å². The minimum atomic E-state index is -0.365. The summed E-state index contributed by atoms with van der Waals surface area (Å²) in [5.41, 5.74) is 0.585. The second-order valence-corrected chi connectivity index (χ2v) is 3.60. The fourth-order valence-corrected chi connectivity index (χ4v) is 1.64. The summed E-state index contributed by atoms with van der Waals surface area (Å²) in [5.74, 6) is -0.0466. The summed E-state index contributed by atoms with van der Waals surface area (Å²) >= 11 is 0. The summed E-state index contributed by atoms with van der Waals surface area (Å²) in [5, 5.41) is 13.2. The van der Waals surface area contributed by atoms with Crippen molar-refractivity contribution >= 4 is 5.91 Å². The maximum absolute atomic E-state index is 11.8. The highest BCUT2D eigenvalue weighted by atomic mass is 16.3. The summed E-state index contributed by atoms with van der Waals surface area (Å²) in [7, 11) is 1.77. The van der Waals surface area contributed by atoms with Crippen LogP contribution in [-0.4, -0.2) is 44.9 Å². The number of nitrogens with zero attached hydrogens (tertiary/aromatic N) is 3. The average molecular weight is 195 g/mol. The van der Waals surface area contributed by atoms with Crippen LogP contribution >= 0.6 is 0 Å². The molecule has 1 atom stereocenters. The van der Waals surface area contributed by atoms with Gasteiger partial charge in [-0.3, -0.25) is 9.48 Å². The van der Waals surface area contributed by atoms with E-state index in [-0.39, 0.29) is 12.0 Å². The Morgan fingerprint density at radius 1 is 1.71 bits per heavy atom. The van der Waals surface area contributed by atoms with Gasteiger partial charge in [0.05, 0.1) is 17.9 Å². The largest absolute Gasteiger partial charge is 0.391 e. The standard InChI is InChI=1S/C9H13N3O2/c1-11-5-7(4-10-11)9(14)12-3-2-8(13)6-12/h4-5,8,13H,2-3,6H2,1H3. The quantitative estimate of drug-likeness (QED) is 0.665. The van der Waals surface area contributed by atoms with Crippen molar-refractivity contribution in [3.63, 3.8) is 0 Å². The van der Waals surface area contributed by atoms with Crippen molar-refractivity contribution in [2.45, 2.75) is 12.5 Å². The van der Waals surface area contributed by atoms with Gasteiger partial charge in [0.25, 0.3) is 5.91 Å². The van der Waals surface area contributed by atoms with Crippen LogP contribution in [-0.2, 0) is 7.05 Å². The maximum Gasteiger partial charge on any atom is 0.257 e. The number of likely N-dealkylation sites (tertiary alicyclic amines) is 1. The van der Waals surface area contributed by atoms with Crippen molar-refractivity contribution in [1.29, 1.82) is 0 Å². The molecule has 76 valence electrons. The number of aliphatic hydroxyl groups is 1. The molecule has 1 unspecified atom stereocenters. The molecule has 0 bridgehead atoms. The molecular weight excluding hydrogens is 182 g/mol. The maximum atomic E-state index is 11.8. The number of β-amino-alcohol motifs (C(OH)–C–C–N with tert-alkyl or cyclic N) is 1. The first-order valence-electron chi connectivity index (χ1n) is 4.63. The Labute approximate surface area is 81.9 Å². The topological polar surface area (TPSA) is 58.4 Å². The van der Waals surface area contributed by atoms with Gasteiger partial charge in [-0.25, -0.2) is 0 Å². The van der Waals surface area contributed by atoms with E-state index in [0.717, 1.165) is 0 Å². The van der Waals surface area contributed by atoms with E-state index in [1.165, 1.54) is 0 Å². The van der Waals surface area contributed by atoms with E-state index in [0.29, 0.717) is 25.1 Å². The molecule has 1 saturated heterocycles. The summed E-state index contributed by atoms with van der Waals surface area (Å²) in [4.78, 5) is 13.4. The van der Waals surface area contributed by atoms with E-state index < -0.39 is 0 Å². The van der Waals surface area contributed by atoms with Crippen molar-refractivity contribution in [3.8, 4) is 0 Å². The first-order chi connectivity index (χ1) is 6.66. The van der Waals surface area contributed by atoms with E-state index in [9.17, 15) is 9.90 Å². The number of carbonyl (C=O) groups excluding carboxylic acids is 1. The van der Waals surface area contributed by atoms with Gasteiger partial charge in [0, 0.05) is 26.3 Å². The summed E-state index contributed by atoms with van der Waals surface area (Å²) in [6.45, 7) is 1.07. The first-order valence-corrected chi connectivity index (χ1v) is 4.63. The third-order valence-corrected chi connectivity index (χ3v) is 2.40. The molecule has 5 nitrogen and oxygen atoms in total. The molecule has 14 heavy (non-hydrogen) atoms. The molecule has 0 spiro atoms. The van der Waals surface area contributed by atoms with Gasteiger partial charge >= 0.3 is 0 Å². The van der Waals surface area contributed by atoms with Crippen LogP contribution in [0.5, 0.6) is 0 Å². The number of amides is 1. The molecule has 2 heterocycles. The third kappa shape index (κ3) is 1.63. The molecule has 0 saturated carbocycles. The number of carbonyl (C=O) groups is 1. The SMILES string of the molecule is Cn1cc(C(=O)N2CCC(O)C2)cn1. The predicted molar refractivity (Wildman–Crippen MR) is 49.7 cm³/mol. The summed E-state index contributed by atoms with van der Waals surface area (Å²) in [6, 6.07) is 0. The van der Waals surface area contributed by atoms with Crippen LogP contribution in [0.1, 0.15) is 16.8 Å². The van der Waals surface area contributed by atoms with Crippen LogP contribution in [0.15, 0.2) is 12.4 Å². The van der Waals surface area contributed by atoms with E-state index in [4.69, 9.17) is 0 Å². The zero-order chi connectivity index (χ0) is 10.1. The Morgan fingerprint density at radius 2 is 2.50 bits per heavy atom. The first kappa shape index (κ1) is 9.21. The average Bonchev–Trinajstić information content (AvgIpc) is 2.73. The third-order valence-electron chi connectivity index (χ3n) is 2.40. The van der Waals surface area contributed by atoms with E-state index >= 15 is 0 Å². The number of hydrogen-bond acceptors (Lipinski definition) is 3. The summed E-state index contributed by atoms with van der Waals surface area (Å²) < 4.78 is 1.60. The van der Waals surface area contributed by atoms with Gasteiger partial charge in [-0.2, -0.15) is 5.10 Å². The molecule has 0 aromatic carbocycles. The molecule has 2 rings (SSSR count). The van der Waals surface area contributed by atoms with Crippen molar-refractivity contribution in [3.05, 3.63) is 18.0 Å². The minimum absolute atomic E-state index is 0.0466. The smallest absolute Gasteiger partial charge is 0.257 e. The molecule has 0 aliphatic carbocycles. The molecule has 1 aliphatic heterocycles. The molecule has 0 radical (unpaired) electrons.